The molecule has 0 spiro atoms. The molecular formula is C15H18N4O2. The topological polar surface area (TPSA) is 90.1 Å². The van der Waals surface area contributed by atoms with E-state index in [1.54, 1.807) is 12.4 Å². The molecular weight excluding hydrogens is 268 g/mol. The van der Waals surface area contributed by atoms with Crippen LogP contribution in [0.15, 0.2) is 30.6 Å². The van der Waals surface area contributed by atoms with Crippen molar-refractivity contribution < 1.29 is 9.53 Å². The maximum absolute atomic E-state index is 12.6. The minimum absolute atomic E-state index is 0.0449. The zero-order valence-corrected chi connectivity index (χ0v) is 11.7. The lowest BCUT2D eigenvalue weighted by atomic mass is 9.79. The summed E-state index contributed by atoms with van der Waals surface area (Å²) >= 11 is 0. The molecule has 2 heterocycles. The fourth-order valence-electron chi connectivity index (χ4n) is 2.59. The molecule has 1 fully saturated rings. The van der Waals surface area contributed by atoms with E-state index in [9.17, 15) is 4.79 Å². The lowest BCUT2D eigenvalue weighted by Gasteiger charge is -2.34. The highest BCUT2D eigenvalue weighted by molar-refractivity contribution is 5.97. The van der Waals surface area contributed by atoms with Crippen LogP contribution in [0, 0.1) is 5.41 Å². The summed E-state index contributed by atoms with van der Waals surface area (Å²) < 4.78 is 5.33. The average molecular weight is 286 g/mol. The van der Waals surface area contributed by atoms with Gasteiger partial charge in [0.15, 0.2) is 0 Å². The van der Waals surface area contributed by atoms with Gasteiger partial charge in [0.05, 0.1) is 16.4 Å². The Kier molecular flexibility index (Phi) is 3.81. The zero-order valence-electron chi connectivity index (χ0n) is 11.7. The van der Waals surface area contributed by atoms with Crippen LogP contribution >= 0.6 is 0 Å². The number of benzene rings is 1. The van der Waals surface area contributed by atoms with Crippen LogP contribution in [0.1, 0.15) is 12.8 Å². The highest BCUT2D eigenvalue weighted by Crippen LogP contribution is 2.31. The minimum Gasteiger partial charge on any atom is -0.381 e. The number of nitrogens with zero attached hydrogens (tertiary/aromatic N) is 2. The summed E-state index contributed by atoms with van der Waals surface area (Å²) in [6, 6.07) is 5.50. The first-order valence-corrected chi connectivity index (χ1v) is 7.04. The SMILES string of the molecule is NCC1(C(=O)Nc2ccc3nccnc3c2)CCOCC1. The molecule has 0 bridgehead atoms. The van der Waals surface area contributed by atoms with Crippen molar-refractivity contribution >= 4 is 22.6 Å². The summed E-state index contributed by atoms with van der Waals surface area (Å²) in [5.41, 5.74) is 7.58. The number of amides is 1. The molecule has 1 saturated heterocycles. The molecule has 1 amide bonds. The van der Waals surface area contributed by atoms with Gasteiger partial charge in [0.2, 0.25) is 5.91 Å². The van der Waals surface area contributed by atoms with Crippen LogP contribution in [0.4, 0.5) is 5.69 Å². The number of hydrogen-bond acceptors (Lipinski definition) is 5. The van der Waals surface area contributed by atoms with Crippen molar-refractivity contribution in [1.82, 2.24) is 9.97 Å². The normalized spacial score (nSPS) is 17.6. The third-order valence-electron chi connectivity index (χ3n) is 4.05. The summed E-state index contributed by atoms with van der Waals surface area (Å²) in [5, 5.41) is 2.95. The van der Waals surface area contributed by atoms with Gasteiger partial charge < -0.3 is 15.8 Å². The molecule has 1 aromatic carbocycles. The van der Waals surface area contributed by atoms with Gasteiger partial charge in [-0.05, 0) is 31.0 Å². The van der Waals surface area contributed by atoms with E-state index in [-0.39, 0.29) is 5.91 Å². The van der Waals surface area contributed by atoms with Crippen molar-refractivity contribution in [3.8, 4) is 0 Å². The molecule has 110 valence electrons. The van der Waals surface area contributed by atoms with E-state index in [2.05, 4.69) is 15.3 Å². The Morgan fingerprint density at radius 1 is 1.24 bits per heavy atom. The maximum atomic E-state index is 12.6. The van der Waals surface area contributed by atoms with E-state index in [4.69, 9.17) is 10.5 Å². The number of nitrogens with one attached hydrogen (secondary N) is 1. The van der Waals surface area contributed by atoms with Crippen LogP contribution in [-0.4, -0.2) is 35.6 Å². The Morgan fingerprint density at radius 2 is 1.95 bits per heavy atom. The highest BCUT2D eigenvalue weighted by Gasteiger charge is 2.38. The van der Waals surface area contributed by atoms with Crippen molar-refractivity contribution in [2.24, 2.45) is 11.1 Å². The number of fused-ring (bicyclic) bond motifs is 1. The van der Waals surface area contributed by atoms with Gasteiger partial charge in [-0.1, -0.05) is 0 Å². The van der Waals surface area contributed by atoms with Crippen molar-refractivity contribution in [2.45, 2.75) is 12.8 Å². The third kappa shape index (κ3) is 2.72. The fourth-order valence-corrected chi connectivity index (χ4v) is 2.59. The van der Waals surface area contributed by atoms with Crippen LogP contribution in [0.3, 0.4) is 0 Å². The Hall–Kier alpha value is -2.05. The van der Waals surface area contributed by atoms with Crippen molar-refractivity contribution in [3.05, 3.63) is 30.6 Å². The summed E-state index contributed by atoms with van der Waals surface area (Å²) in [4.78, 5) is 21.0. The molecule has 1 aromatic heterocycles. The van der Waals surface area contributed by atoms with Crippen molar-refractivity contribution in [1.29, 1.82) is 0 Å². The van der Waals surface area contributed by atoms with Gasteiger partial charge in [0.25, 0.3) is 0 Å². The lowest BCUT2D eigenvalue weighted by molar-refractivity contribution is -0.130. The Labute approximate surface area is 122 Å². The molecule has 0 aliphatic carbocycles. The number of nitrogens with two attached hydrogens (primary N) is 1. The van der Waals surface area contributed by atoms with Gasteiger partial charge in [-0.25, -0.2) is 0 Å². The fraction of sp³-hybridized carbons (Fsp3) is 0.400. The second-order valence-electron chi connectivity index (χ2n) is 5.31. The summed E-state index contributed by atoms with van der Waals surface area (Å²) in [7, 11) is 0. The third-order valence-corrected chi connectivity index (χ3v) is 4.05. The molecule has 6 nitrogen and oxygen atoms in total. The largest absolute Gasteiger partial charge is 0.381 e. The molecule has 0 atom stereocenters. The van der Waals surface area contributed by atoms with Gasteiger partial charge in [0, 0.05) is 37.8 Å². The monoisotopic (exact) mass is 286 g/mol. The van der Waals surface area contributed by atoms with E-state index < -0.39 is 5.41 Å². The second kappa shape index (κ2) is 5.75. The molecule has 2 aromatic rings. The van der Waals surface area contributed by atoms with E-state index >= 15 is 0 Å². The van der Waals surface area contributed by atoms with E-state index in [0.717, 1.165) is 11.0 Å². The molecule has 21 heavy (non-hydrogen) atoms. The second-order valence-corrected chi connectivity index (χ2v) is 5.31. The first-order valence-electron chi connectivity index (χ1n) is 7.04. The van der Waals surface area contributed by atoms with E-state index in [1.807, 2.05) is 18.2 Å². The number of carbonyl (C=O) groups excluding carboxylic acids is 1. The van der Waals surface area contributed by atoms with Crippen LogP contribution in [0.2, 0.25) is 0 Å². The Morgan fingerprint density at radius 3 is 2.67 bits per heavy atom. The van der Waals surface area contributed by atoms with Gasteiger partial charge >= 0.3 is 0 Å². The van der Waals surface area contributed by atoms with Crippen LogP contribution < -0.4 is 11.1 Å². The predicted molar refractivity (Wildman–Crippen MR) is 79.7 cm³/mol. The quantitative estimate of drug-likeness (QED) is 0.888. The first-order chi connectivity index (χ1) is 10.2. The Balaban J connectivity index is 1.81. The number of rotatable bonds is 3. The van der Waals surface area contributed by atoms with Crippen molar-refractivity contribution in [2.75, 3.05) is 25.1 Å². The molecule has 0 unspecified atom stereocenters. The molecule has 1 aliphatic heterocycles. The zero-order chi connectivity index (χ0) is 14.7. The van der Waals surface area contributed by atoms with E-state index in [1.165, 1.54) is 0 Å². The van der Waals surface area contributed by atoms with Crippen LogP contribution in [-0.2, 0) is 9.53 Å². The van der Waals surface area contributed by atoms with Gasteiger partial charge in [-0.15, -0.1) is 0 Å². The molecule has 0 saturated carbocycles. The minimum atomic E-state index is -0.532. The lowest BCUT2D eigenvalue weighted by Crippen LogP contribution is -2.46. The predicted octanol–water partition coefficient (Wildman–Crippen LogP) is 1.32. The number of anilines is 1. The van der Waals surface area contributed by atoms with Crippen LogP contribution in [0.5, 0.6) is 0 Å². The number of carbonyl (C=O) groups is 1. The molecule has 1 aliphatic rings. The number of ether oxygens (including phenoxy) is 1. The highest BCUT2D eigenvalue weighted by atomic mass is 16.5. The van der Waals surface area contributed by atoms with Crippen LogP contribution in [0.25, 0.3) is 11.0 Å². The van der Waals surface area contributed by atoms with Gasteiger partial charge in [0.1, 0.15) is 0 Å². The molecule has 6 heteroatoms. The molecule has 0 radical (unpaired) electrons. The summed E-state index contributed by atoms with van der Waals surface area (Å²) in [5.74, 6) is -0.0449. The van der Waals surface area contributed by atoms with E-state index in [0.29, 0.717) is 38.3 Å². The summed E-state index contributed by atoms with van der Waals surface area (Å²) in [6.45, 7) is 1.48. The van der Waals surface area contributed by atoms with Crippen molar-refractivity contribution in [3.63, 3.8) is 0 Å². The number of aromatic nitrogens is 2. The molecule has 3 N–H and O–H groups in total. The maximum Gasteiger partial charge on any atom is 0.232 e. The Bertz CT molecular complexity index is 653. The van der Waals surface area contributed by atoms with Gasteiger partial charge in [-0.3, -0.25) is 14.8 Å². The number of hydrogen-bond donors (Lipinski definition) is 2. The smallest absolute Gasteiger partial charge is 0.232 e. The molecule has 3 rings (SSSR count). The standard InChI is InChI=1S/C15H18N4O2/c16-10-15(3-7-21-8-4-15)14(20)19-11-1-2-12-13(9-11)18-6-5-17-12/h1-2,5-6,9H,3-4,7-8,10,16H2,(H,19,20). The van der Waals surface area contributed by atoms with Gasteiger partial charge in [-0.2, -0.15) is 0 Å². The summed E-state index contributed by atoms with van der Waals surface area (Å²) in [6.07, 6.45) is 4.59. The first kappa shape index (κ1) is 13.9. The average Bonchev–Trinajstić information content (AvgIpc) is 2.55.